The van der Waals surface area contributed by atoms with Crippen LogP contribution in [0.4, 0.5) is 0 Å². The average Bonchev–Trinajstić information content (AvgIpc) is 2.50. The van der Waals surface area contributed by atoms with Crippen LogP contribution in [0.1, 0.15) is 28.4 Å². The Morgan fingerprint density at radius 2 is 1.76 bits per heavy atom. The lowest BCUT2D eigenvalue weighted by atomic mass is 10.1. The number of carbonyl (C=O) groups is 1. The van der Waals surface area contributed by atoms with Crippen LogP contribution in [0.5, 0.6) is 5.75 Å². The Labute approximate surface area is 125 Å². The van der Waals surface area contributed by atoms with Gasteiger partial charge >= 0.3 is 5.97 Å². The molecule has 0 unspecified atom stereocenters. The summed E-state index contributed by atoms with van der Waals surface area (Å²) in [4.78, 5) is 12.1. The molecule has 0 heterocycles. The van der Waals surface area contributed by atoms with E-state index in [1.165, 1.54) is 11.1 Å². The molecule has 0 aromatic heterocycles. The maximum absolute atomic E-state index is 12.1. The molecule has 0 bridgehead atoms. The van der Waals surface area contributed by atoms with E-state index in [1.54, 1.807) is 18.2 Å². The number of benzene rings is 2. The van der Waals surface area contributed by atoms with Crippen LogP contribution in [-0.4, -0.2) is 19.2 Å². The van der Waals surface area contributed by atoms with Gasteiger partial charge < -0.3 is 9.47 Å². The molecule has 110 valence electrons. The van der Waals surface area contributed by atoms with E-state index >= 15 is 0 Å². The molecular formula is C18H20O3. The number of aryl methyl sites for hydroxylation is 1. The first-order valence-corrected chi connectivity index (χ1v) is 7.16. The molecule has 0 saturated heterocycles. The van der Waals surface area contributed by atoms with E-state index in [1.807, 2.05) is 25.1 Å². The molecular weight excluding hydrogens is 264 g/mol. The Morgan fingerprint density at radius 1 is 1.05 bits per heavy atom. The highest BCUT2D eigenvalue weighted by atomic mass is 16.5. The highest BCUT2D eigenvalue weighted by Crippen LogP contribution is 2.19. The predicted octanol–water partition coefficient (Wildman–Crippen LogP) is 3.79. The van der Waals surface area contributed by atoms with E-state index in [-0.39, 0.29) is 5.97 Å². The SMILES string of the molecule is CCOc1ccccc1C(=O)OCCc1ccccc1C. The standard InChI is InChI=1S/C18H20O3/c1-3-20-17-11-7-6-10-16(17)18(19)21-13-12-15-9-5-4-8-14(15)2/h4-11H,3,12-13H2,1-2H3. The number of rotatable bonds is 6. The van der Waals surface area contributed by atoms with Crippen molar-refractivity contribution in [3.8, 4) is 5.75 Å². The Bertz CT molecular complexity index is 605. The van der Waals surface area contributed by atoms with Crippen molar-refractivity contribution in [2.45, 2.75) is 20.3 Å². The summed E-state index contributed by atoms with van der Waals surface area (Å²) < 4.78 is 10.8. The summed E-state index contributed by atoms with van der Waals surface area (Å²) in [6, 6.07) is 15.3. The first-order valence-electron chi connectivity index (χ1n) is 7.16. The number of esters is 1. The molecule has 0 spiro atoms. The van der Waals surface area contributed by atoms with Crippen LogP contribution >= 0.6 is 0 Å². The van der Waals surface area contributed by atoms with E-state index in [0.717, 1.165) is 6.42 Å². The fourth-order valence-corrected chi connectivity index (χ4v) is 2.14. The summed E-state index contributed by atoms with van der Waals surface area (Å²) in [7, 11) is 0. The minimum Gasteiger partial charge on any atom is -0.493 e. The smallest absolute Gasteiger partial charge is 0.341 e. The van der Waals surface area contributed by atoms with Gasteiger partial charge in [0.25, 0.3) is 0 Å². The maximum Gasteiger partial charge on any atom is 0.341 e. The van der Waals surface area contributed by atoms with Crippen molar-refractivity contribution in [2.24, 2.45) is 0 Å². The van der Waals surface area contributed by atoms with Crippen molar-refractivity contribution in [3.05, 3.63) is 65.2 Å². The summed E-state index contributed by atoms with van der Waals surface area (Å²) in [6.45, 7) is 4.83. The normalized spacial score (nSPS) is 10.2. The number of carbonyl (C=O) groups excluding carboxylic acids is 1. The zero-order valence-electron chi connectivity index (χ0n) is 12.5. The number of para-hydroxylation sites is 1. The summed E-state index contributed by atoms with van der Waals surface area (Å²) in [5.41, 5.74) is 2.88. The highest BCUT2D eigenvalue weighted by Gasteiger charge is 2.13. The van der Waals surface area contributed by atoms with Crippen LogP contribution in [0, 0.1) is 6.92 Å². The van der Waals surface area contributed by atoms with Crippen LogP contribution in [0.3, 0.4) is 0 Å². The number of ether oxygens (including phenoxy) is 2. The van der Waals surface area contributed by atoms with Gasteiger partial charge in [-0.25, -0.2) is 4.79 Å². The maximum atomic E-state index is 12.1. The third-order valence-electron chi connectivity index (χ3n) is 3.27. The van der Waals surface area contributed by atoms with Gasteiger partial charge in [-0.3, -0.25) is 0 Å². The van der Waals surface area contributed by atoms with Gasteiger partial charge in [0.15, 0.2) is 0 Å². The van der Waals surface area contributed by atoms with Crippen molar-refractivity contribution < 1.29 is 14.3 Å². The van der Waals surface area contributed by atoms with E-state index in [9.17, 15) is 4.79 Å². The van der Waals surface area contributed by atoms with E-state index in [0.29, 0.717) is 24.5 Å². The molecule has 3 nitrogen and oxygen atoms in total. The molecule has 0 N–H and O–H groups in total. The van der Waals surface area contributed by atoms with Gasteiger partial charge in [-0.05, 0) is 37.1 Å². The molecule has 2 rings (SSSR count). The Hall–Kier alpha value is -2.29. The van der Waals surface area contributed by atoms with Gasteiger partial charge in [0, 0.05) is 6.42 Å². The van der Waals surface area contributed by atoms with Gasteiger partial charge in [-0.1, -0.05) is 36.4 Å². The summed E-state index contributed by atoms with van der Waals surface area (Å²) in [6.07, 6.45) is 0.717. The summed E-state index contributed by atoms with van der Waals surface area (Å²) in [5, 5.41) is 0. The van der Waals surface area contributed by atoms with Crippen LogP contribution in [-0.2, 0) is 11.2 Å². The fourth-order valence-electron chi connectivity index (χ4n) is 2.14. The lowest BCUT2D eigenvalue weighted by Crippen LogP contribution is -2.10. The zero-order chi connectivity index (χ0) is 15.1. The quantitative estimate of drug-likeness (QED) is 0.757. The predicted molar refractivity (Wildman–Crippen MR) is 82.8 cm³/mol. The summed E-state index contributed by atoms with van der Waals surface area (Å²) in [5.74, 6) is 0.230. The van der Waals surface area contributed by atoms with Crippen LogP contribution in [0.15, 0.2) is 48.5 Å². The van der Waals surface area contributed by atoms with Gasteiger partial charge in [0.1, 0.15) is 11.3 Å². The van der Waals surface area contributed by atoms with Gasteiger partial charge in [0.2, 0.25) is 0 Å². The Morgan fingerprint density at radius 3 is 2.52 bits per heavy atom. The third kappa shape index (κ3) is 4.09. The molecule has 3 heteroatoms. The Balaban J connectivity index is 1.95. The molecule has 2 aromatic rings. The van der Waals surface area contributed by atoms with Crippen molar-refractivity contribution in [1.29, 1.82) is 0 Å². The average molecular weight is 284 g/mol. The minimum absolute atomic E-state index is 0.340. The van der Waals surface area contributed by atoms with Crippen LogP contribution in [0.2, 0.25) is 0 Å². The first-order chi connectivity index (χ1) is 10.2. The second kappa shape index (κ2) is 7.48. The lowest BCUT2D eigenvalue weighted by Gasteiger charge is -2.10. The molecule has 0 aliphatic rings. The molecule has 0 atom stereocenters. The Kier molecular flexibility index (Phi) is 5.38. The van der Waals surface area contributed by atoms with Gasteiger partial charge in [0.05, 0.1) is 13.2 Å². The van der Waals surface area contributed by atoms with Crippen LogP contribution in [0.25, 0.3) is 0 Å². The van der Waals surface area contributed by atoms with E-state index in [2.05, 4.69) is 19.1 Å². The third-order valence-corrected chi connectivity index (χ3v) is 3.27. The number of hydrogen-bond acceptors (Lipinski definition) is 3. The molecule has 0 fully saturated rings. The van der Waals surface area contributed by atoms with Crippen molar-refractivity contribution >= 4 is 5.97 Å². The molecule has 0 radical (unpaired) electrons. The molecule has 0 saturated carbocycles. The second-order valence-corrected chi connectivity index (χ2v) is 4.74. The minimum atomic E-state index is -0.340. The molecule has 0 aliphatic heterocycles. The first kappa shape index (κ1) is 15.1. The topological polar surface area (TPSA) is 35.5 Å². The van der Waals surface area contributed by atoms with Gasteiger partial charge in [-0.15, -0.1) is 0 Å². The molecule has 21 heavy (non-hydrogen) atoms. The largest absolute Gasteiger partial charge is 0.493 e. The van der Waals surface area contributed by atoms with E-state index < -0.39 is 0 Å². The van der Waals surface area contributed by atoms with Crippen molar-refractivity contribution in [2.75, 3.05) is 13.2 Å². The second-order valence-electron chi connectivity index (χ2n) is 4.74. The van der Waals surface area contributed by atoms with Crippen molar-refractivity contribution in [1.82, 2.24) is 0 Å². The molecule has 2 aromatic carbocycles. The van der Waals surface area contributed by atoms with E-state index in [4.69, 9.17) is 9.47 Å². The summed E-state index contributed by atoms with van der Waals surface area (Å²) >= 11 is 0. The van der Waals surface area contributed by atoms with Crippen LogP contribution < -0.4 is 4.74 Å². The monoisotopic (exact) mass is 284 g/mol. The molecule has 0 amide bonds. The zero-order valence-corrected chi connectivity index (χ0v) is 12.5. The van der Waals surface area contributed by atoms with Gasteiger partial charge in [-0.2, -0.15) is 0 Å². The van der Waals surface area contributed by atoms with Crippen molar-refractivity contribution in [3.63, 3.8) is 0 Å². The fraction of sp³-hybridized carbons (Fsp3) is 0.278. The molecule has 0 aliphatic carbocycles. The lowest BCUT2D eigenvalue weighted by molar-refractivity contribution is 0.0504. The number of hydrogen-bond donors (Lipinski definition) is 0. The highest BCUT2D eigenvalue weighted by molar-refractivity contribution is 5.92.